The molecule has 0 bridgehead atoms. The van der Waals surface area contributed by atoms with Gasteiger partial charge in [-0.2, -0.15) is 0 Å². The second-order valence-corrected chi connectivity index (χ2v) is 11.2. The van der Waals surface area contributed by atoms with Gasteiger partial charge in [0.15, 0.2) is 0 Å². The first-order valence-corrected chi connectivity index (χ1v) is 17.1. The molecule has 0 aromatic heterocycles. The molecule has 1 N–H and O–H groups in total. The van der Waals surface area contributed by atoms with E-state index >= 15 is 0 Å². The molecule has 0 aromatic rings. The molecule has 0 aliphatic rings. The van der Waals surface area contributed by atoms with Crippen molar-refractivity contribution in [3.05, 3.63) is 36.5 Å². The van der Waals surface area contributed by atoms with Gasteiger partial charge in [-0.05, 0) is 70.6 Å². The quantitative estimate of drug-likeness (QED) is 0.0518. The van der Waals surface area contributed by atoms with Crippen molar-refractivity contribution in [3.8, 4) is 0 Å². The average molecular weight is 563 g/mol. The fourth-order valence-electron chi connectivity index (χ4n) is 4.59. The molecule has 0 saturated carbocycles. The number of aliphatic hydroxyl groups is 1. The molecular weight excluding hydrogens is 496 g/mol. The molecule has 234 valence electrons. The largest absolute Gasteiger partial charge is 0.457 e. The van der Waals surface area contributed by atoms with Gasteiger partial charge in [0.2, 0.25) is 0 Å². The highest BCUT2D eigenvalue weighted by atomic mass is 16.6. The Morgan fingerprint density at radius 3 is 1.57 bits per heavy atom. The molecule has 1 unspecified atom stereocenters. The maximum absolute atomic E-state index is 12.1. The van der Waals surface area contributed by atoms with E-state index in [9.17, 15) is 9.90 Å². The van der Waals surface area contributed by atoms with Crippen LogP contribution in [0.3, 0.4) is 0 Å². The Hall–Kier alpha value is -1.39. The maximum atomic E-state index is 12.1. The van der Waals surface area contributed by atoms with Gasteiger partial charge in [-0.25, -0.2) is 0 Å². The lowest BCUT2D eigenvalue weighted by molar-refractivity contribution is -0.154. The van der Waals surface area contributed by atoms with Gasteiger partial charge in [-0.15, -0.1) is 0 Å². The van der Waals surface area contributed by atoms with Crippen molar-refractivity contribution in [2.45, 2.75) is 168 Å². The molecule has 1 atom stereocenters. The maximum Gasteiger partial charge on any atom is 0.306 e. The minimum atomic E-state index is -0.541. The van der Waals surface area contributed by atoms with Crippen LogP contribution in [-0.2, 0) is 14.3 Å². The van der Waals surface area contributed by atoms with E-state index in [4.69, 9.17) is 9.47 Å². The summed E-state index contributed by atoms with van der Waals surface area (Å²) in [7, 11) is 0. The highest BCUT2D eigenvalue weighted by Gasteiger charge is 2.13. The summed E-state index contributed by atoms with van der Waals surface area (Å²) in [6.45, 7) is 5.26. The van der Waals surface area contributed by atoms with E-state index in [0.29, 0.717) is 13.0 Å². The van der Waals surface area contributed by atoms with E-state index in [1.807, 2.05) is 0 Å². The zero-order chi connectivity index (χ0) is 29.2. The molecule has 0 spiro atoms. The van der Waals surface area contributed by atoms with Crippen LogP contribution in [0.25, 0.3) is 0 Å². The number of hydrogen-bond acceptors (Lipinski definition) is 4. The molecule has 0 heterocycles. The molecule has 4 nitrogen and oxygen atoms in total. The first-order valence-electron chi connectivity index (χ1n) is 17.1. The normalized spacial score (nSPS) is 12.8. The Balaban J connectivity index is 3.50. The standard InChI is InChI=1S/C36H66O4/c1-3-5-7-9-11-13-15-17-18-19-21-23-25-27-29-31-36(38)40-35(33-37)34-39-32-30-28-26-24-22-20-16-14-12-10-8-6-4-2/h11-14,17-18,35,37H,3-10,15-16,19-34H2,1-2H3/b13-11-,14-12-,18-17-. The van der Waals surface area contributed by atoms with Crippen LogP contribution < -0.4 is 0 Å². The lowest BCUT2D eigenvalue weighted by atomic mass is 10.1. The molecule has 4 heteroatoms. The number of aliphatic hydroxyl groups excluding tert-OH is 1. The van der Waals surface area contributed by atoms with Crippen LogP contribution in [0.2, 0.25) is 0 Å². The summed E-state index contributed by atoms with van der Waals surface area (Å²) in [6, 6.07) is 0. The second-order valence-electron chi connectivity index (χ2n) is 11.2. The molecule has 0 aliphatic heterocycles. The summed E-state index contributed by atoms with van der Waals surface area (Å²) < 4.78 is 11.1. The Kier molecular flexibility index (Phi) is 32.6. The van der Waals surface area contributed by atoms with Crippen LogP contribution in [0.4, 0.5) is 0 Å². The number of ether oxygens (including phenoxy) is 2. The highest BCUT2D eigenvalue weighted by Crippen LogP contribution is 2.11. The lowest BCUT2D eigenvalue weighted by Crippen LogP contribution is -2.27. The van der Waals surface area contributed by atoms with Crippen LogP contribution in [0.1, 0.15) is 162 Å². The Morgan fingerprint density at radius 1 is 0.600 bits per heavy atom. The van der Waals surface area contributed by atoms with Crippen molar-refractivity contribution in [2.75, 3.05) is 19.8 Å². The van der Waals surface area contributed by atoms with E-state index in [-0.39, 0.29) is 19.2 Å². The number of carbonyl (C=O) groups excluding carboxylic acids is 1. The minimum Gasteiger partial charge on any atom is -0.457 e. The first-order chi connectivity index (χ1) is 19.7. The second kappa shape index (κ2) is 33.8. The third kappa shape index (κ3) is 31.1. The molecule has 0 amide bonds. The number of carbonyl (C=O) groups is 1. The van der Waals surface area contributed by atoms with E-state index < -0.39 is 6.10 Å². The van der Waals surface area contributed by atoms with Crippen molar-refractivity contribution in [2.24, 2.45) is 0 Å². The van der Waals surface area contributed by atoms with Crippen LogP contribution in [0, 0.1) is 0 Å². The lowest BCUT2D eigenvalue weighted by Gasteiger charge is -2.15. The van der Waals surface area contributed by atoms with Crippen LogP contribution >= 0.6 is 0 Å². The van der Waals surface area contributed by atoms with E-state index in [2.05, 4.69) is 50.3 Å². The zero-order valence-corrected chi connectivity index (χ0v) is 26.6. The Labute approximate surface area is 249 Å². The minimum absolute atomic E-state index is 0.180. The van der Waals surface area contributed by atoms with Crippen molar-refractivity contribution >= 4 is 5.97 Å². The number of allylic oxidation sites excluding steroid dienone is 6. The van der Waals surface area contributed by atoms with Crippen molar-refractivity contribution in [3.63, 3.8) is 0 Å². The molecule has 0 aromatic carbocycles. The van der Waals surface area contributed by atoms with Gasteiger partial charge in [-0.3, -0.25) is 4.79 Å². The van der Waals surface area contributed by atoms with Gasteiger partial charge >= 0.3 is 5.97 Å². The Bertz CT molecular complexity index is 596. The van der Waals surface area contributed by atoms with Crippen LogP contribution in [0.5, 0.6) is 0 Å². The molecule has 40 heavy (non-hydrogen) atoms. The van der Waals surface area contributed by atoms with Gasteiger partial charge in [0.05, 0.1) is 13.2 Å². The Morgan fingerprint density at radius 2 is 1.05 bits per heavy atom. The fraction of sp³-hybridized carbons (Fsp3) is 0.806. The van der Waals surface area contributed by atoms with Crippen molar-refractivity contribution < 1.29 is 19.4 Å². The van der Waals surface area contributed by atoms with Crippen LogP contribution in [-0.4, -0.2) is 37.0 Å². The van der Waals surface area contributed by atoms with Gasteiger partial charge in [-0.1, -0.05) is 121 Å². The average Bonchev–Trinajstić information content (AvgIpc) is 2.96. The fourth-order valence-corrected chi connectivity index (χ4v) is 4.59. The summed E-state index contributed by atoms with van der Waals surface area (Å²) in [5, 5.41) is 9.52. The van der Waals surface area contributed by atoms with Gasteiger partial charge < -0.3 is 14.6 Å². The van der Waals surface area contributed by atoms with E-state index in [1.165, 1.54) is 103 Å². The SMILES string of the molecule is CCCCC/C=C\C/C=C\CCCCCCCC(=O)OC(CO)COCCCCCCCC/C=C\CCCCC. The predicted octanol–water partition coefficient (Wildman–Crippen LogP) is 10.6. The molecule has 0 rings (SSSR count). The summed E-state index contributed by atoms with van der Waals surface area (Å²) in [5.41, 5.74) is 0. The number of rotatable bonds is 31. The number of esters is 1. The number of unbranched alkanes of at least 4 members (excludes halogenated alkanes) is 17. The summed E-state index contributed by atoms with van der Waals surface area (Å²) in [6.07, 6.45) is 40.3. The van der Waals surface area contributed by atoms with Crippen LogP contribution in [0.15, 0.2) is 36.5 Å². The number of hydrogen-bond donors (Lipinski definition) is 1. The van der Waals surface area contributed by atoms with E-state index in [0.717, 1.165) is 38.5 Å². The first kappa shape index (κ1) is 38.6. The third-order valence-corrected chi connectivity index (χ3v) is 7.19. The predicted molar refractivity (Wildman–Crippen MR) is 173 cm³/mol. The van der Waals surface area contributed by atoms with Gasteiger partial charge in [0.25, 0.3) is 0 Å². The summed E-state index contributed by atoms with van der Waals surface area (Å²) >= 11 is 0. The zero-order valence-electron chi connectivity index (χ0n) is 26.6. The molecule has 0 aliphatic carbocycles. The topological polar surface area (TPSA) is 55.8 Å². The molecule has 0 fully saturated rings. The van der Waals surface area contributed by atoms with Crippen molar-refractivity contribution in [1.29, 1.82) is 0 Å². The molecule has 0 radical (unpaired) electrons. The van der Waals surface area contributed by atoms with Gasteiger partial charge in [0.1, 0.15) is 6.10 Å². The smallest absolute Gasteiger partial charge is 0.306 e. The molecular formula is C36H66O4. The van der Waals surface area contributed by atoms with E-state index in [1.54, 1.807) is 0 Å². The highest BCUT2D eigenvalue weighted by molar-refractivity contribution is 5.69. The van der Waals surface area contributed by atoms with Gasteiger partial charge in [0, 0.05) is 13.0 Å². The third-order valence-electron chi connectivity index (χ3n) is 7.19. The summed E-state index contributed by atoms with van der Waals surface area (Å²) in [4.78, 5) is 12.1. The molecule has 0 saturated heterocycles. The summed E-state index contributed by atoms with van der Waals surface area (Å²) in [5.74, 6) is -0.218. The van der Waals surface area contributed by atoms with Crippen molar-refractivity contribution in [1.82, 2.24) is 0 Å². The monoisotopic (exact) mass is 562 g/mol.